The second-order valence-electron chi connectivity index (χ2n) is 3.63. The Labute approximate surface area is 110 Å². The van der Waals surface area contributed by atoms with Gasteiger partial charge in [0, 0.05) is 15.5 Å². The molecule has 1 atom stereocenters. The summed E-state index contributed by atoms with van der Waals surface area (Å²) >= 11 is 5.06. The number of nitrogens with zero attached hydrogens (tertiary/aromatic N) is 3. The van der Waals surface area contributed by atoms with Crippen LogP contribution in [0.1, 0.15) is 16.7 Å². The largest absolute Gasteiger partial charge is 0.317 e. The van der Waals surface area contributed by atoms with E-state index in [1.165, 1.54) is 0 Å². The molecule has 0 spiro atoms. The van der Waals surface area contributed by atoms with Gasteiger partial charge >= 0.3 is 0 Å². The summed E-state index contributed by atoms with van der Waals surface area (Å²) in [5.41, 5.74) is 6.99. The summed E-state index contributed by atoms with van der Waals surface area (Å²) in [4.78, 5) is 1.08. The lowest BCUT2D eigenvalue weighted by Gasteiger charge is -2.07. The fourth-order valence-corrected chi connectivity index (χ4v) is 2.75. The van der Waals surface area contributed by atoms with Crippen molar-refractivity contribution < 1.29 is 0 Å². The average molecular weight is 309 g/mol. The van der Waals surface area contributed by atoms with Gasteiger partial charge in [0.15, 0.2) is 11.5 Å². The summed E-state index contributed by atoms with van der Waals surface area (Å²) in [6.07, 6.45) is 1.93. The third-order valence-electron chi connectivity index (χ3n) is 2.52. The van der Waals surface area contributed by atoms with E-state index in [-0.39, 0.29) is 6.04 Å². The first-order valence-electron chi connectivity index (χ1n) is 5.05. The number of pyridine rings is 1. The van der Waals surface area contributed by atoms with Crippen LogP contribution in [0, 0.1) is 0 Å². The van der Waals surface area contributed by atoms with Crippen molar-refractivity contribution in [1.29, 1.82) is 0 Å². The number of fused-ring (bicyclic) bond motifs is 1. The molecule has 3 aromatic heterocycles. The van der Waals surface area contributed by atoms with Crippen LogP contribution < -0.4 is 5.73 Å². The minimum absolute atomic E-state index is 0.237. The molecule has 1 unspecified atom stereocenters. The van der Waals surface area contributed by atoms with Crippen molar-refractivity contribution in [3.8, 4) is 0 Å². The fourth-order valence-electron chi connectivity index (χ4n) is 1.69. The fraction of sp³-hybridized carbons (Fsp3) is 0.0909. The Morgan fingerprint density at radius 1 is 1.29 bits per heavy atom. The number of nitrogens with two attached hydrogens (primary N) is 1. The molecular weight excluding hydrogens is 300 g/mol. The van der Waals surface area contributed by atoms with Crippen LogP contribution in [0.15, 0.2) is 40.3 Å². The number of rotatable bonds is 2. The molecule has 0 aliphatic rings. The summed E-state index contributed by atoms with van der Waals surface area (Å²) in [7, 11) is 0. The first-order chi connectivity index (χ1) is 8.25. The maximum Gasteiger partial charge on any atom is 0.160 e. The molecule has 3 aromatic rings. The van der Waals surface area contributed by atoms with Gasteiger partial charge < -0.3 is 5.73 Å². The average Bonchev–Trinajstić information content (AvgIpc) is 2.97. The van der Waals surface area contributed by atoms with Crippen molar-refractivity contribution >= 4 is 32.9 Å². The van der Waals surface area contributed by atoms with Gasteiger partial charge in [-0.05, 0) is 39.5 Å². The van der Waals surface area contributed by atoms with Crippen LogP contribution in [-0.4, -0.2) is 14.6 Å². The molecule has 0 bridgehead atoms. The van der Waals surface area contributed by atoms with Gasteiger partial charge in [-0.15, -0.1) is 21.5 Å². The summed E-state index contributed by atoms with van der Waals surface area (Å²) in [5.74, 6) is 0.753. The van der Waals surface area contributed by atoms with Crippen molar-refractivity contribution in [1.82, 2.24) is 14.6 Å². The highest BCUT2D eigenvalue weighted by Crippen LogP contribution is 2.23. The molecule has 0 radical (unpaired) electrons. The SMILES string of the molecule is NC(c1cccs1)c1nnc2ccc(Br)cn12. The number of hydrogen-bond acceptors (Lipinski definition) is 4. The molecule has 2 N–H and O–H groups in total. The van der Waals surface area contributed by atoms with E-state index in [9.17, 15) is 0 Å². The number of thiophene rings is 1. The molecule has 86 valence electrons. The predicted octanol–water partition coefficient (Wildman–Crippen LogP) is 2.60. The zero-order chi connectivity index (χ0) is 11.8. The Morgan fingerprint density at radius 2 is 2.18 bits per heavy atom. The van der Waals surface area contributed by atoms with Gasteiger partial charge in [-0.3, -0.25) is 4.40 Å². The van der Waals surface area contributed by atoms with E-state index in [4.69, 9.17) is 5.73 Å². The maximum atomic E-state index is 6.19. The first-order valence-corrected chi connectivity index (χ1v) is 6.72. The van der Waals surface area contributed by atoms with E-state index in [1.807, 2.05) is 40.2 Å². The van der Waals surface area contributed by atoms with Gasteiger partial charge in [0.05, 0.1) is 0 Å². The molecule has 0 aliphatic carbocycles. The normalized spacial score (nSPS) is 13.1. The van der Waals surface area contributed by atoms with Crippen LogP contribution in [0.2, 0.25) is 0 Å². The second-order valence-corrected chi connectivity index (χ2v) is 5.52. The monoisotopic (exact) mass is 308 g/mol. The summed E-state index contributed by atoms with van der Waals surface area (Å²) < 4.78 is 2.89. The highest BCUT2D eigenvalue weighted by atomic mass is 79.9. The summed E-state index contributed by atoms with van der Waals surface area (Å²) in [6.45, 7) is 0. The van der Waals surface area contributed by atoms with Crippen molar-refractivity contribution in [2.24, 2.45) is 5.73 Å². The molecule has 0 aliphatic heterocycles. The number of halogens is 1. The number of hydrogen-bond donors (Lipinski definition) is 1. The first kappa shape index (κ1) is 10.9. The highest BCUT2D eigenvalue weighted by Gasteiger charge is 2.16. The van der Waals surface area contributed by atoms with Gasteiger partial charge in [-0.1, -0.05) is 6.07 Å². The lowest BCUT2D eigenvalue weighted by molar-refractivity contribution is 0.778. The maximum absolute atomic E-state index is 6.19. The lowest BCUT2D eigenvalue weighted by atomic mass is 10.2. The molecule has 6 heteroatoms. The van der Waals surface area contributed by atoms with Crippen LogP contribution in [-0.2, 0) is 0 Å². The second kappa shape index (κ2) is 4.21. The van der Waals surface area contributed by atoms with Gasteiger partial charge in [0.2, 0.25) is 0 Å². The Hall–Kier alpha value is -1.24. The molecule has 0 amide bonds. The smallest absolute Gasteiger partial charge is 0.160 e. The molecule has 3 heterocycles. The molecule has 17 heavy (non-hydrogen) atoms. The molecule has 0 aromatic carbocycles. The Kier molecular flexibility index (Phi) is 2.70. The van der Waals surface area contributed by atoms with E-state index in [1.54, 1.807) is 11.3 Å². The third kappa shape index (κ3) is 1.88. The Bertz CT molecular complexity index is 647. The van der Waals surface area contributed by atoms with E-state index >= 15 is 0 Å². The van der Waals surface area contributed by atoms with Crippen molar-refractivity contribution in [3.05, 3.63) is 51.0 Å². The summed E-state index contributed by atoms with van der Waals surface area (Å²) in [5, 5.41) is 10.3. The van der Waals surface area contributed by atoms with E-state index < -0.39 is 0 Å². The molecular formula is C11H9BrN4S. The number of aromatic nitrogens is 3. The minimum atomic E-state index is -0.237. The van der Waals surface area contributed by atoms with Crippen molar-refractivity contribution in [2.75, 3.05) is 0 Å². The van der Waals surface area contributed by atoms with Crippen LogP contribution >= 0.6 is 27.3 Å². The minimum Gasteiger partial charge on any atom is -0.317 e. The zero-order valence-electron chi connectivity index (χ0n) is 8.75. The van der Waals surface area contributed by atoms with Crippen molar-refractivity contribution in [2.45, 2.75) is 6.04 Å². The van der Waals surface area contributed by atoms with Gasteiger partial charge in [0.1, 0.15) is 6.04 Å². The van der Waals surface area contributed by atoms with Crippen LogP contribution in [0.3, 0.4) is 0 Å². The third-order valence-corrected chi connectivity index (χ3v) is 3.94. The lowest BCUT2D eigenvalue weighted by Crippen LogP contribution is -2.14. The molecule has 4 nitrogen and oxygen atoms in total. The molecule has 0 saturated heterocycles. The standard InChI is InChI=1S/C11H9BrN4S/c12-7-3-4-9-14-15-11(16(9)6-7)10(13)8-2-1-5-17-8/h1-6,10H,13H2. The van der Waals surface area contributed by atoms with Crippen LogP contribution in [0.5, 0.6) is 0 Å². The molecule has 0 saturated carbocycles. The van der Waals surface area contributed by atoms with E-state index in [0.29, 0.717) is 0 Å². The van der Waals surface area contributed by atoms with Crippen molar-refractivity contribution in [3.63, 3.8) is 0 Å². The van der Waals surface area contributed by atoms with Crippen LogP contribution in [0.25, 0.3) is 5.65 Å². The highest BCUT2D eigenvalue weighted by molar-refractivity contribution is 9.10. The summed E-state index contributed by atoms with van der Waals surface area (Å²) in [6, 6.07) is 7.60. The molecule has 0 fully saturated rings. The quantitative estimate of drug-likeness (QED) is 0.791. The Balaban J connectivity index is 2.14. The predicted molar refractivity (Wildman–Crippen MR) is 71.0 cm³/mol. The van der Waals surface area contributed by atoms with Gasteiger partial charge in [-0.2, -0.15) is 0 Å². The van der Waals surface area contributed by atoms with Gasteiger partial charge in [-0.25, -0.2) is 0 Å². The topological polar surface area (TPSA) is 56.2 Å². The van der Waals surface area contributed by atoms with Gasteiger partial charge in [0.25, 0.3) is 0 Å². The molecule has 3 rings (SSSR count). The zero-order valence-corrected chi connectivity index (χ0v) is 11.1. The van der Waals surface area contributed by atoms with E-state index in [0.717, 1.165) is 20.8 Å². The van der Waals surface area contributed by atoms with Crippen LogP contribution in [0.4, 0.5) is 0 Å². The van der Waals surface area contributed by atoms with E-state index in [2.05, 4.69) is 26.1 Å². The Morgan fingerprint density at radius 3 is 2.94 bits per heavy atom.